The van der Waals surface area contributed by atoms with E-state index < -0.39 is 0 Å². The van der Waals surface area contributed by atoms with E-state index in [0.29, 0.717) is 37.5 Å². The molecule has 150 valence electrons. The van der Waals surface area contributed by atoms with Crippen LogP contribution >= 0.6 is 0 Å². The maximum Gasteiger partial charge on any atom is 0.407 e. The summed E-state index contributed by atoms with van der Waals surface area (Å²) in [6, 6.07) is 9.72. The number of alkyl carbamates (subject to hydrolysis) is 1. The summed E-state index contributed by atoms with van der Waals surface area (Å²) in [4.78, 5) is 24.1. The van der Waals surface area contributed by atoms with E-state index in [4.69, 9.17) is 9.47 Å². The van der Waals surface area contributed by atoms with Crippen LogP contribution in [-0.4, -0.2) is 25.2 Å². The smallest absolute Gasteiger partial charge is 0.407 e. The normalized spacial score (nSPS) is 31.6. The van der Waals surface area contributed by atoms with Gasteiger partial charge >= 0.3 is 12.1 Å². The first-order chi connectivity index (χ1) is 13.6. The van der Waals surface area contributed by atoms with Gasteiger partial charge in [0.25, 0.3) is 0 Å². The second kappa shape index (κ2) is 7.98. The van der Waals surface area contributed by atoms with Gasteiger partial charge in [-0.05, 0) is 67.8 Å². The molecule has 0 aliphatic heterocycles. The molecule has 0 saturated heterocycles. The molecule has 5 nitrogen and oxygen atoms in total. The largest absolute Gasteiger partial charge is 0.463 e. The first kappa shape index (κ1) is 19.0. The molecular formula is C23H29NO4. The Hall–Kier alpha value is -2.30. The van der Waals surface area contributed by atoms with Gasteiger partial charge in [-0.3, -0.25) is 0 Å². The number of hydrogen-bond acceptors (Lipinski definition) is 4. The number of benzene rings is 1. The van der Waals surface area contributed by atoms with Gasteiger partial charge in [-0.1, -0.05) is 35.9 Å². The van der Waals surface area contributed by atoms with Gasteiger partial charge in [0.15, 0.2) is 0 Å². The third-order valence-electron chi connectivity index (χ3n) is 6.65. The molecule has 1 amide bonds. The Labute approximate surface area is 166 Å². The maximum absolute atomic E-state index is 12.2. The lowest BCUT2D eigenvalue weighted by molar-refractivity contribution is -0.137. The topological polar surface area (TPSA) is 64.6 Å². The van der Waals surface area contributed by atoms with E-state index in [-0.39, 0.29) is 17.5 Å². The van der Waals surface area contributed by atoms with Crippen molar-refractivity contribution in [2.24, 2.45) is 23.2 Å². The number of amides is 1. The van der Waals surface area contributed by atoms with Crippen LogP contribution in [0.1, 0.15) is 44.6 Å². The lowest BCUT2D eigenvalue weighted by Crippen LogP contribution is -2.52. The molecule has 4 aliphatic carbocycles. The number of hydrogen-bond donors (Lipinski definition) is 1. The highest BCUT2D eigenvalue weighted by atomic mass is 16.5. The fraction of sp³-hybridized carbons (Fsp3) is 0.565. The molecular weight excluding hydrogens is 354 g/mol. The number of rotatable bonds is 6. The minimum absolute atomic E-state index is 0.147. The summed E-state index contributed by atoms with van der Waals surface area (Å²) < 4.78 is 10.5. The Morgan fingerprint density at radius 1 is 1.11 bits per heavy atom. The fourth-order valence-corrected chi connectivity index (χ4v) is 5.79. The molecule has 1 aromatic carbocycles. The highest BCUT2D eigenvalue weighted by Crippen LogP contribution is 2.61. The zero-order chi connectivity index (χ0) is 19.6. The first-order valence-corrected chi connectivity index (χ1v) is 10.4. The van der Waals surface area contributed by atoms with E-state index in [1.807, 2.05) is 37.3 Å². The van der Waals surface area contributed by atoms with Crippen molar-refractivity contribution in [1.29, 1.82) is 0 Å². The summed E-state index contributed by atoms with van der Waals surface area (Å²) in [5.74, 6) is 1.41. The first-order valence-electron chi connectivity index (χ1n) is 10.4. The Balaban J connectivity index is 1.34. The quantitative estimate of drug-likeness (QED) is 0.590. The second-order valence-electron chi connectivity index (χ2n) is 8.66. The Kier molecular flexibility index (Phi) is 5.42. The standard InChI is InChI=1S/C23H29NO4/c1-2-27-21(25)10-20-18-8-17-9-19(20)13-23(11-17,12-18)15-24-22(26)28-14-16-6-4-3-5-7-16/h3-7,10,17-19H,2,8-9,11-15H2,1H3,(H,24,26)/b20-10-/t17?,18-,19+,23-/m1/s1. The molecule has 0 aromatic heterocycles. The van der Waals surface area contributed by atoms with Crippen LogP contribution < -0.4 is 5.32 Å². The minimum Gasteiger partial charge on any atom is -0.463 e. The predicted molar refractivity (Wildman–Crippen MR) is 105 cm³/mol. The third-order valence-corrected chi connectivity index (χ3v) is 6.65. The van der Waals surface area contributed by atoms with Gasteiger partial charge in [0.1, 0.15) is 6.61 Å². The van der Waals surface area contributed by atoms with Crippen molar-refractivity contribution < 1.29 is 19.1 Å². The van der Waals surface area contributed by atoms with E-state index in [2.05, 4.69) is 5.32 Å². The van der Waals surface area contributed by atoms with E-state index in [1.165, 1.54) is 24.8 Å². The molecule has 5 heteroatoms. The lowest BCUT2D eigenvalue weighted by Gasteiger charge is -2.58. The van der Waals surface area contributed by atoms with E-state index >= 15 is 0 Å². The summed E-state index contributed by atoms with van der Waals surface area (Å²) >= 11 is 0. The number of carbonyl (C=O) groups excluding carboxylic acids is 2. The van der Waals surface area contributed by atoms with Gasteiger partial charge in [0.05, 0.1) is 6.61 Å². The number of ether oxygens (including phenoxy) is 2. The maximum atomic E-state index is 12.2. The summed E-state index contributed by atoms with van der Waals surface area (Å²) in [5.41, 5.74) is 2.42. The Morgan fingerprint density at radius 2 is 1.82 bits per heavy atom. The summed E-state index contributed by atoms with van der Waals surface area (Å²) in [6.45, 7) is 3.21. The van der Waals surface area contributed by atoms with Crippen LogP contribution in [0.3, 0.4) is 0 Å². The van der Waals surface area contributed by atoms with Crippen molar-refractivity contribution in [3.63, 3.8) is 0 Å². The Morgan fingerprint density at radius 3 is 2.50 bits per heavy atom. The van der Waals surface area contributed by atoms with Crippen molar-refractivity contribution in [3.8, 4) is 0 Å². The molecule has 1 aromatic rings. The predicted octanol–water partition coefficient (Wildman–Crippen LogP) is 4.23. The molecule has 0 spiro atoms. The van der Waals surface area contributed by atoms with E-state index in [0.717, 1.165) is 18.4 Å². The van der Waals surface area contributed by atoms with Gasteiger partial charge in [-0.2, -0.15) is 0 Å². The molecule has 4 saturated carbocycles. The number of allylic oxidation sites excluding steroid dienone is 1. The van der Waals surface area contributed by atoms with Gasteiger partial charge < -0.3 is 14.8 Å². The van der Waals surface area contributed by atoms with E-state index in [1.54, 1.807) is 6.08 Å². The van der Waals surface area contributed by atoms with Crippen molar-refractivity contribution in [2.75, 3.05) is 13.2 Å². The molecule has 0 radical (unpaired) electrons. The SMILES string of the molecule is CCOC(=O)/C=C1/[C@@H]2CC3C[C@H]1C[C@@](CNC(=O)OCc1ccccc1)(C3)C2. The molecule has 4 bridgehead atoms. The highest BCUT2D eigenvalue weighted by Gasteiger charge is 2.53. The molecule has 4 atom stereocenters. The zero-order valence-electron chi connectivity index (χ0n) is 16.5. The molecule has 0 heterocycles. The monoisotopic (exact) mass is 383 g/mol. The average molecular weight is 383 g/mol. The fourth-order valence-electron chi connectivity index (χ4n) is 5.79. The van der Waals surface area contributed by atoms with Gasteiger partial charge in [0, 0.05) is 12.6 Å². The zero-order valence-corrected chi connectivity index (χ0v) is 16.5. The van der Waals surface area contributed by atoms with Gasteiger partial charge in [0.2, 0.25) is 0 Å². The summed E-state index contributed by atoms with van der Waals surface area (Å²) in [6.07, 6.45) is 7.01. The summed E-state index contributed by atoms with van der Waals surface area (Å²) in [7, 11) is 0. The van der Waals surface area contributed by atoms with Crippen LogP contribution in [0.2, 0.25) is 0 Å². The van der Waals surface area contributed by atoms with Gasteiger partial charge in [-0.15, -0.1) is 0 Å². The van der Waals surface area contributed by atoms with Crippen LogP contribution in [0.4, 0.5) is 4.79 Å². The average Bonchev–Trinajstić information content (AvgIpc) is 2.68. The van der Waals surface area contributed by atoms with Crippen molar-refractivity contribution in [3.05, 3.63) is 47.5 Å². The van der Waals surface area contributed by atoms with Crippen LogP contribution in [0, 0.1) is 23.2 Å². The van der Waals surface area contributed by atoms with Crippen molar-refractivity contribution >= 4 is 12.1 Å². The lowest BCUT2D eigenvalue weighted by atomic mass is 9.48. The molecule has 1 unspecified atom stereocenters. The van der Waals surface area contributed by atoms with E-state index in [9.17, 15) is 9.59 Å². The molecule has 4 aliphatic rings. The van der Waals surface area contributed by atoms with Crippen LogP contribution in [-0.2, 0) is 20.9 Å². The van der Waals surface area contributed by atoms with Gasteiger partial charge in [-0.25, -0.2) is 9.59 Å². The molecule has 28 heavy (non-hydrogen) atoms. The van der Waals surface area contributed by atoms with Crippen LogP contribution in [0.15, 0.2) is 42.0 Å². The highest BCUT2D eigenvalue weighted by molar-refractivity contribution is 5.83. The minimum atomic E-state index is -0.345. The van der Waals surface area contributed by atoms with Crippen molar-refractivity contribution in [2.45, 2.75) is 45.6 Å². The second-order valence-corrected chi connectivity index (χ2v) is 8.66. The number of nitrogens with one attached hydrogen (secondary N) is 1. The number of carbonyl (C=O) groups is 2. The Bertz CT molecular complexity index is 739. The van der Waals surface area contributed by atoms with Crippen molar-refractivity contribution in [1.82, 2.24) is 5.32 Å². The number of esters is 1. The molecule has 1 N–H and O–H groups in total. The molecule has 5 rings (SSSR count). The summed E-state index contributed by atoms with van der Waals surface area (Å²) in [5, 5.41) is 3.01. The molecule has 4 fully saturated rings. The third kappa shape index (κ3) is 4.08. The van der Waals surface area contributed by atoms with Crippen LogP contribution in [0.5, 0.6) is 0 Å². The van der Waals surface area contributed by atoms with Crippen LogP contribution in [0.25, 0.3) is 0 Å².